The minimum atomic E-state index is -0.274. The van der Waals surface area contributed by atoms with Crippen LogP contribution in [0.4, 0.5) is 4.39 Å². The Hall–Kier alpha value is -1.95. The Kier molecular flexibility index (Phi) is 2.93. The molecule has 0 unspecified atom stereocenters. The van der Waals surface area contributed by atoms with Crippen LogP contribution in [0.15, 0.2) is 24.3 Å². The van der Waals surface area contributed by atoms with E-state index in [4.69, 9.17) is 4.74 Å². The first kappa shape index (κ1) is 11.2. The van der Waals surface area contributed by atoms with E-state index >= 15 is 0 Å². The van der Waals surface area contributed by atoms with Gasteiger partial charge in [0.25, 0.3) is 0 Å². The van der Waals surface area contributed by atoms with Crippen LogP contribution in [0.25, 0.3) is 0 Å². The molecule has 0 spiro atoms. The SMILES string of the molecule is Fc1ccc(OCc2nnc3n2CC[N]C3)cc1. The fourth-order valence-corrected chi connectivity index (χ4v) is 1.88. The summed E-state index contributed by atoms with van der Waals surface area (Å²) in [5.41, 5.74) is 0. The van der Waals surface area contributed by atoms with Gasteiger partial charge in [0, 0.05) is 13.1 Å². The summed E-state index contributed by atoms with van der Waals surface area (Å²) in [4.78, 5) is 0. The highest BCUT2D eigenvalue weighted by Gasteiger charge is 2.16. The van der Waals surface area contributed by atoms with E-state index in [1.165, 1.54) is 12.1 Å². The number of hydrogen-bond donors (Lipinski definition) is 0. The van der Waals surface area contributed by atoms with E-state index in [1.54, 1.807) is 12.1 Å². The largest absolute Gasteiger partial charge is 0.486 e. The van der Waals surface area contributed by atoms with E-state index in [2.05, 4.69) is 15.5 Å². The van der Waals surface area contributed by atoms with Crippen molar-refractivity contribution in [3.05, 3.63) is 41.7 Å². The van der Waals surface area contributed by atoms with E-state index in [1.807, 2.05) is 4.57 Å². The number of ether oxygens (including phenoxy) is 1. The van der Waals surface area contributed by atoms with Crippen molar-refractivity contribution in [2.75, 3.05) is 6.54 Å². The van der Waals surface area contributed by atoms with Crippen molar-refractivity contribution in [1.82, 2.24) is 20.1 Å². The molecule has 1 radical (unpaired) electrons. The van der Waals surface area contributed by atoms with Gasteiger partial charge in [-0.15, -0.1) is 10.2 Å². The first-order valence-electron chi connectivity index (χ1n) is 5.75. The molecule has 0 aliphatic carbocycles. The molecule has 0 saturated heterocycles. The Balaban J connectivity index is 1.70. The summed E-state index contributed by atoms with van der Waals surface area (Å²) in [5, 5.41) is 12.4. The third-order valence-electron chi connectivity index (χ3n) is 2.82. The average Bonchev–Trinajstić information content (AvgIpc) is 2.82. The monoisotopic (exact) mass is 247 g/mol. The quantitative estimate of drug-likeness (QED) is 0.816. The van der Waals surface area contributed by atoms with Gasteiger partial charge >= 0.3 is 0 Å². The second-order valence-electron chi connectivity index (χ2n) is 4.03. The van der Waals surface area contributed by atoms with E-state index < -0.39 is 0 Å². The fraction of sp³-hybridized carbons (Fsp3) is 0.333. The summed E-state index contributed by atoms with van der Waals surface area (Å²) < 4.78 is 20.3. The number of rotatable bonds is 3. The molecule has 1 aliphatic heterocycles. The van der Waals surface area contributed by atoms with E-state index in [0.29, 0.717) is 18.9 Å². The highest BCUT2D eigenvalue weighted by Crippen LogP contribution is 2.14. The van der Waals surface area contributed by atoms with Crippen molar-refractivity contribution in [2.24, 2.45) is 0 Å². The van der Waals surface area contributed by atoms with Gasteiger partial charge in [-0.3, -0.25) is 0 Å². The predicted molar refractivity (Wildman–Crippen MR) is 61.5 cm³/mol. The van der Waals surface area contributed by atoms with Gasteiger partial charge in [-0.1, -0.05) is 0 Å². The molecular formula is C12H12FN4O. The normalized spacial score (nSPS) is 14.3. The minimum Gasteiger partial charge on any atom is -0.486 e. The predicted octanol–water partition coefficient (Wildman–Crippen LogP) is 1.11. The van der Waals surface area contributed by atoms with Gasteiger partial charge in [-0.2, -0.15) is 0 Å². The van der Waals surface area contributed by atoms with E-state index in [-0.39, 0.29) is 5.82 Å². The number of fused-ring (bicyclic) bond motifs is 1. The summed E-state index contributed by atoms with van der Waals surface area (Å²) >= 11 is 0. The van der Waals surface area contributed by atoms with Gasteiger partial charge in [0.2, 0.25) is 0 Å². The number of benzene rings is 1. The van der Waals surface area contributed by atoms with Crippen LogP contribution < -0.4 is 10.1 Å². The summed E-state index contributed by atoms with van der Waals surface area (Å²) in [7, 11) is 0. The van der Waals surface area contributed by atoms with Crippen molar-refractivity contribution < 1.29 is 9.13 Å². The maximum Gasteiger partial charge on any atom is 0.171 e. The topological polar surface area (TPSA) is 54.0 Å². The van der Waals surface area contributed by atoms with Crippen molar-refractivity contribution >= 4 is 0 Å². The van der Waals surface area contributed by atoms with Gasteiger partial charge in [0.05, 0.1) is 6.54 Å². The molecule has 0 amide bonds. The first-order valence-corrected chi connectivity index (χ1v) is 5.75. The van der Waals surface area contributed by atoms with Crippen LogP contribution in [-0.2, 0) is 19.7 Å². The Morgan fingerprint density at radius 1 is 1.22 bits per heavy atom. The van der Waals surface area contributed by atoms with Gasteiger partial charge in [0.1, 0.15) is 24.0 Å². The Morgan fingerprint density at radius 3 is 2.89 bits per heavy atom. The molecule has 0 N–H and O–H groups in total. The molecule has 0 bridgehead atoms. The lowest BCUT2D eigenvalue weighted by Crippen LogP contribution is -2.24. The Bertz CT molecular complexity index is 538. The molecule has 1 aromatic carbocycles. The number of aromatic nitrogens is 3. The van der Waals surface area contributed by atoms with Gasteiger partial charge in [0.15, 0.2) is 5.82 Å². The fourth-order valence-electron chi connectivity index (χ4n) is 1.88. The van der Waals surface area contributed by atoms with Crippen LogP contribution in [0, 0.1) is 5.82 Å². The second-order valence-corrected chi connectivity index (χ2v) is 4.03. The Labute approximate surface area is 104 Å². The molecule has 93 valence electrons. The Morgan fingerprint density at radius 2 is 2.06 bits per heavy atom. The molecule has 3 rings (SSSR count). The lowest BCUT2D eigenvalue weighted by atomic mass is 10.3. The van der Waals surface area contributed by atoms with Gasteiger partial charge < -0.3 is 9.30 Å². The standard InChI is InChI=1S/C12H12FN4O/c13-9-1-3-10(4-2-9)18-8-12-16-15-11-7-14-5-6-17(11)12/h1-4H,5-8H2. The zero-order valence-corrected chi connectivity index (χ0v) is 9.71. The highest BCUT2D eigenvalue weighted by atomic mass is 19.1. The maximum absolute atomic E-state index is 12.7. The molecule has 6 heteroatoms. The van der Waals surface area contributed by atoms with E-state index in [0.717, 1.165) is 24.7 Å². The van der Waals surface area contributed by atoms with Gasteiger partial charge in [-0.05, 0) is 24.3 Å². The van der Waals surface area contributed by atoms with Crippen LogP contribution in [-0.4, -0.2) is 21.3 Å². The smallest absolute Gasteiger partial charge is 0.171 e. The van der Waals surface area contributed by atoms with Crippen molar-refractivity contribution in [2.45, 2.75) is 19.7 Å². The molecule has 0 atom stereocenters. The maximum atomic E-state index is 12.7. The average molecular weight is 247 g/mol. The summed E-state index contributed by atoms with van der Waals surface area (Å²) in [6, 6.07) is 5.93. The summed E-state index contributed by atoms with van der Waals surface area (Å²) in [6.45, 7) is 2.53. The van der Waals surface area contributed by atoms with Crippen LogP contribution in [0.3, 0.4) is 0 Å². The molecule has 5 nitrogen and oxygen atoms in total. The summed E-state index contributed by atoms with van der Waals surface area (Å²) in [6.07, 6.45) is 0. The van der Waals surface area contributed by atoms with Crippen molar-refractivity contribution in [3.63, 3.8) is 0 Å². The zero-order valence-electron chi connectivity index (χ0n) is 9.71. The van der Waals surface area contributed by atoms with E-state index in [9.17, 15) is 4.39 Å². The molecule has 2 aromatic rings. The zero-order chi connectivity index (χ0) is 12.4. The molecule has 0 fully saturated rings. The number of hydrogen-bond acceptors (Lipinski definition) is 3. The van der Waals surface area contributed by atoms with Crippen molar-refractivity contribution in [1.29, 1.82) is 0 Å². The lowest BCUT2D eigenvalue weighted by molar-refractivity contribution is 0.285. The molecular weight excluding hydrogens is 235 g/mol. The molecule has 1 aliphatic rings. The molecule has 1 aromatic heterocycles. The van der Waals surface area contributed by atoms with Crippen LogP contribution in [0.2, 0.25) is 0 Å². The molecule has 18 heavy (non-hydrogen) atoms. The van der Waals surface area contributed by atoms with Crippen LogP contribution >= 0.6 is 0 Å². The number of halogens is 1. The van der Waals surface area contributed by atoms with Crippen LogP contribution in [0.5, 0.6) is 5.75 Å². The number of nitrogens with zero attached hydrogens (tertiary/aromatic N) is 4. The molecule has 2 heterocycles. The van der Waals surface area contributed by atoms with Crippen LogP contribution in [0.1, 0.15) is 11.6 Å². The van der Waals surface area contributed by atoms with Gasteiger partial charge in [-0.25, -0.2) is 9.71 Å². The lowest BCUT2D eigenvalue weighted by Gasteiger charge is -2.14. The first-order chi connectivity index (χ1) is 8.83. The van der Waals surface area contributed by atoms with Crippen molar-refractivity contribution in [3.8, 4) is 5.75 Å². The highest BCUT2D eigenvalue weighted by molar-refractivity contribution is 5.22. The third-order valence-corrected chi connectivity index (χ3v) is 2.82. The third kappa shape index (κ3) is 2.19. The second kappa shape index (κ2) is 4.73. The summed E-state index contributed by atoms with van der Waals surface area (Å²) in [5.74, 6) is 2.00. The molecule has 0 saturated carbocycles. The minimum absolute atomic E-state index is 0.274.